The zero-order chi connectivity index (χ0) is 13.3. The second kappa shape index (κ2) is 4.94. The molecular formula is C13H12BrNO3. The van der Waals surface area contributed by atoms with Gasteiger partial charge in [-0.05, 0) is 19.1 Å². The van der Waals surface area contributed by atoms with Crippen LogP contribution in [0, 0.1) is 0 Å². The Hall–Kier alpha value is -1.62. The van der Waals surface area contributed by atoms with E-state index in [1.54, 1.807) is 14.0 Å². The first kappa shape index (κ1) is 12.8. The summed E-state index contributed by atoms with van der Waals surface area (Å²) in [6, 6.07) is 5.50. The highest BCUT2D eigenvalue weighted by Gasteiger charge is 2.30. The van der Waals surface area contributed by atoms with E-state index in [9.17, 15) is 9.59 Å². The maximum absolute atomic E-state index is 12.0. The maximum atomic E-state index is 12.0. The minimum Gasteiger partial charge on any atom is -0.463 e. The van der Waals surface area contributed by atoms with E-state index in [0.29, 0.717) is 12.2 Å². The molecule has 0 saturated carbocycles. The van der Waals surface area contributed by atoms with Gasteiger partial charge in [-0.3, -0.25) is 4.79 Å². The summed E-state index contributed by atoms with van der Waals surface area (Å²) in [6.07, 6.45) is 1.25. The van der Waals surface area contributed by atoms with E-state index in [-0.39, 0.29) is 5.91 Å². The molecular weight excluding hydrogens is 298 g/mol. The largest absolute Gasteiger partial charge is 0.463 e. The summed E-state index contributed by atoms with van der Waals surface area (Å²) in [5.41, 5.74) is 1.90. The molecule has 0 radical (unpaired) electrons. The van der Waals surface area contributed by atoms with Gasteiger partial charge >= 0.3 is 5.97 Å². The van der Waals surface area contributed by atoms with Gasteiger partial charge in [0.2, 0.25) is 0 Å². The number of nitrogens with zero attached hydrogens (tertiary/aromatic N) is 1. The van der Waals surface area contributed by atoms with Gasteiger partial charge in [0.15, 0.2) is 0 Å². The Labute approximate surface area is 113 Å². The van der Waals surface area contributed by atoms with Gasteiger partial charge in [-0.1, -0.05) is 22.0 Å². The van der Waals surface area contributed by atoms with Crippen LogP contribution in [0.1, 0.15) is 12.5 Å². The zero-order valence-electron chi connectivity index (χ0n) is 10.1. The van der Waals surface area contributed by atoms with Crippen LogP contribution < -0.4 is 4.90 Å². The van der Waals surface area contributed by atoms with Gasteiger partial charge in [0.25, 0.3) is 5.91 Å². The highest BCUT2D eigenvalue weighted by atomic mass is 79.9. The van der Waals surface area contributed by atoms with Crippen LogP contribution in [0.5, 0.6) is 0 Å². The molecule has 0 aromatic heterocycles. The molecule has 5 heteroatoms. The fourth-order valence-corrected chi connectivity index (χ4v) is 2.21. The molecule has 0 spiro atoms. The fourth-order valence-electron chi connectivity index (χ4n) is 1.86. The van der Waals surface area contributed by atoms with Crippen molar-refractivity contribution in [1.82, 2.24) is 0 Å². The number of esters is 1. The average Bonchev–Trinajstić information content (AvgIpc) is 2.55. The predicted molar refractivity (Wildman–Crippen MR) is 72.2 cm³/mol. The van der Waals surface area contributed by atoms with E-state index >= 15 is 0 Å². The Morgan fingerprint density at radius 1 is 1.50 bits per heavy atom. The lowest BCUT2D eigenvalue weighted by molar-refractivity contribution is -0.137. The van der Waals surface area contributed by atoms with Crippen molar-refractivity contribution in [3.05, 3.63) is 34.3 Å². The van der Waals surface area contributed by atoms with Gasteiger partial charge in [0.05, 0.1) is 17.9 Å². The molecule has 4 nitrogen and oxygen atoms in total. The number of hydrogen-bond acceptors (Lipinski definition) is 3. The first-order valence-electron chi connectivity index (χ1n) is 5.51. The Morgan fingerprint density at radius 3 is 2.89 bits per heavy atom. The molecule has 0 N–H and O–H groups in total. The molecule has 1 heterocycles. The molecule has 0 fully saturated rings. The molecule has 0 saturated heterocycles. The molecule has 18 heavy (non-hydrogen) atoms. The lowest BCUT2D eigenvalue weighted by Gasteiger charge is -2.08. The number of hydrogen-bond donors (Lipinski definition) is 0. The summed E-state index contributed by atoms with van der Waals surface area (Å²) >= 11 is 3.36. The van der Waals surface area contributed by atoms with Crippen LogP contribution in [-0.4, -0.2) is 25.5 Å². The van der Waals surface area contributed by atoms with Gasteiger partial charge in [-0.25, -0.2) is 4.79 Å². The number of likely N-dealkylation sites (N-methyl/N-ethyl adjacent to an activating group) is 1. The van der Waals surface area contributed by atoms with Crippen LogP contribution in [0.2, 0.25) is 0 Å². The minimum atomic E-state index is -0.495. The molecule has 0 bridgehead atoms. The van der Waals surface area contributed by atoms with Crippen LogP contribution in [0.15, 0.2) is 28.7 Å². The quantitative estimate of drug-likeness (QED) is 0.622. The summed E-state index contributed by atoms with van der Waals surface area (Å²) in [6.45, 7) is 2.02. The Morgan fingerprint density at radius 2 is 2.22 bits per heavy atom. The molecule has 94 valence electrons. The number of anilines is 1. The van der Waals surface area contributed by atoms with Crippen molar-refractivity contribution >= 4 is 39.1 Å². The number of benzene rings is 1. The molecule has 0 atom stereocenters. The van der Waals surface area contributed by atoms with Crippen LogP contribution >= 0.6 is 15.9 Å². The summed E-state index contributed by atoms with van der Waals surface area (Å²) in [7, 11) is 1.68. The van der Waals surface area contributed by atoms with Crippen LogP contribution in [0.3, 0.4) is 0 Å². The highest BCUT2D eigenvalue weighted by molar-refractivity contribution is 9.10. The topological polar surface area (TPSA) is 46.6 Å². The van der Waals surface area contributed by atoms with E-state index in [1.165, 1.54) is 11.0 Å². The van der Waals surface area contributed by atoms with Crippen LogP contribution in [0.4, 0.5) is 5.69 Å². The number of fused-ring (bicyclic) bond motifs is 1. The summed E-state index contributed by atoms with van der Waals surface area (Å²) in [5.74, 6) is -0.693. The second-order valence-corrected chi connectivity index (χ2v) is 4.75. The van der Waals surface area contributed by atoms with Crippen LogP contribution in [-0.2, 0) is 14.3 Å². The number of amides is 1. The molecule has 1 aliphatic rings. The Balaban J connectivity index is 2.46. The summed E-state index contributed by atoms with van der Waals surface area (Å²) < 4.78 is 5.72. The predicted octanol–water partition coefficient (Wildman–Crippen LogP) is 2.37. The lowest BCUT2D eigenvalue weighted by atomic mass is 10.1. The number of halogens is 1. The van der Waals surface area contributed by atoms with Gasteiger partial charge in [-0.15, -0.1) is 0 Å². The third kappa shape index (κ3) is 2.18. The lowest BCUT2D eigenvalue weighted by Crippen LogP contribution is -2.20. The molecule has 1 aromatic carbocycles. The summed E-state index contributed by atoms with van der Waals surface area (Å²) in [4.78, 5) is 25.0. The summed E-state index contributed by atoms with van der Waals surface area (Å²) in [5, 5.41) is 0. The number of ether oxygens (including phenoxy) is 1. The molecule has 1 amide bonds. The SMILES string of the molecule is CCOC(=O)/C=C1/C(=O)N(C)c2cc(Br)ccc21. The van der Waals surface area contributed by atoms with Crippen molar-refractivity contribution in [3.8, 4) is 0 Å². The number of carbonyl (C=O) groups is 2. The first-order valence-corrected chi connectivity index (χ1v) is 6.30. The minimum absolute atomic E-state index is 0.198. The molecule has 1 aliphatic heterocycles. The Kier molecular flexibility index (Phi) is 3.52. The van der Waals surface area contributed by atoms with Gasteiger partial charge in [0.1, 0.15) is 0 Å². The number of rotatable bonds is 2. The van der Waals surface area contributed by atoms with Crippen molar-refractivity contribution in [1.29, 1.82) is 0 Å². The van der Waals surface area contributed by atoms with E-state index in [4.69, 9.17) is 4.74 Å². The van der Waals surface area contributed by atoms with Crippen molar-refractivity contribution < 1.29 is 14.3 Å². The third-order valence-corrected chi connectivity index (χ3v) is 3.19. The molecule has 1 aromatic rings. The van der Waals surface area contributed by atoms with Crippen molar-refractivity contribution in [2.45, 2.75) is 6.92 Å². The van der Waals surface area contributed by atoms with E-state index < -0.39 is 5.97 Å². The van der Waals surface area contributed by atoms with Gasteiger partial charge < -0.3 is 9.64 Å². The van der Waals surface area contributed by atoms with E-state index in [1.807, 2.05) is 18.2 Å². The highest BCUT2D eigenvalue weighted by Crippen LogP contribution is 2.37. The van der Waals surface area contributed by atoms with E-state index in [2.05, 4.69) is 15.9 Å². The van der Waals surface area contributed by atoms with Gasteiger partial charge in [0, 0.05) is 23.2 Å². The van der Waals surface area contributed by atoms with Crippen molar-refractivity contribution in [2.24, 2.45) is 0 Å². The van der Waals surface area contributed by atoms with Gasteiger partial charge in [-0.2, -0.15) is 0 Å². The third-order valence-electron chi connectivity index (χ3n) is 2.70. The van der Waals surface area contributed by atoms with Crippen molar-refractivity contribution in [2.75, 3.05) is 18.6 Å². The smallest absolute Gasteiger partial charge is 0.331 e. The van der Waals surface area contributed by atoms with E-state index in [0.717, 1.165) is 15.7 Å². The van der Waals surface area contributed by atoms with Crippen molar-refractivity contribution in [3.63, 3.8) is 0 Å². The molecule has 0 aliphatic carbocycles. The number of carbonyl (C=O) groups excluding carboxylic acids is 2. The normalized spacial score (nSPS) is 16.1. The second-order valence-electron chi connectivity index (χ2n) is 3.84. The average molecular weight is 310 g/mol. The maximum Gasteiger partial charge on any atom is 0.331 e. The Bertz CT molecular complexity index is 551. The zero-order valence-corrected chi connectivity index (χ0v) is 11.7. The molecule has 0 unspecified atom stereocenters. The monoisotopic (exact) mass is 309 g/mol. The standard InChI is InChI=1S/C13H12BrNO3/c1-3-18-12(16)7-10-9-5-4-8(14)6-11(9)15(2)13(10)17/h4-7H,3H2,1-2H3/b10-7+. The molecule has 2 rings (SSSR count). The van der Waals surface area contributed by atoms with Crippen LogP contribution in [0.25, 0.3) is 5.57 Å². The first-order chi connectivity index (χ1) is 8.54. The fraction of sp³-hybridized carbons (Fsp3) is 0.231.